The third-order valence-corrected chi connectivity index (χ3v) is 6.42. The van der Waals surface area contributed by atoms with Crippen LogP contribution in [0.2, 0.25) is 0 Å². The topological polar surface area (TPSA) is 62.7 Å². The van der Waals surface area contributed by atoms with Crippen LogP contribution in [0.1, 0.15) is 15.2 Å². The van der Waals surface area contributed by atoms with Gasteiger partial charge < -0.3 is 10.3 Å². The van der Waals surface area contributed by atoms with E-state index in [1.165, 1.54) is 28.4 Å². The van der Waals surface area contributed by atoms with Gasteiger partial charge >= 0.3 is 0 Å². The maximum atomic E-state index is 14.3. The van der Waals surface area contributed by atoms with Gasteiger partial charge in [0, 0.05) is 41.6 Å². The first-order chi connectivity index (χ1) is 14.6. The summed E-state index contributed by atoms with van der Waals surface area (Å²) in [5.41, 5.74) is 3.26. The maximum absolute atomic E-state index is 14.3. The van der Waals surface area contributed by atoms with Crippen molar-refractivity contribution >= 4 is 38.4 Å². The molecule has 30 heavy (non-hydrogen) atoms. The zero-order chi connectivity index (χ0) is 20.7. The molecule has 5 aromatic rings. The molecule has 0 spiro atoms. The average molecular weight is 418 g/mol. The lowest BCUT2D eigenvalue weighted by molar-refractivity contribution is 0.0958. The fourth-order valence-electron chi connectivity index (χ4n) is 3.74. The molecule has 0 aliphatic carbocycles. The van der Waals surface area contributed by atoms with E-state index in [0.29, 0.717) is 22.7 Å². The van der Waals surface area contributed by atoms with Gasteiger partial charge in [-0.3, -0.25) is 9.48 Å². The van der Waals surface area contributed by atoms with Gasteiger partial charge in [-0.1, -0.05) is 30.3 Å². The number of aromatic nitrogens is 3. The van der Waals surface area contributed by atoms with Gasteiger partial charge in [0.2, 0.25) is 0 Å². The van der Waals surface area contributed by atoms with Crippen LogP contribution in [-0.4, -0.2) is 27.2 Å². The number of aromatic amines is 1. The fraction of sp³-hybridized carbons (Fsp3) is 0.130. The number of H-pyrrole nitrogens is 1. The van der Waals surface area contributed by atoms with E-state index < -0.39 is 0 Å². The Bertz CT molecular complexity index is 1380. The van der Waals surface area contributed by atoms with Crippen LogP contribution >= 0.6 is 11.3 Å². The van der Waals surface area contributed by atoms with Gasteiger partial charge in [-0.25, -0.2) is 4.39 Å². The Morgan fingerprint density at radius 1 is 1.17 bits per heavy atom. The Morgan fingerprint density at radius 3 is 2.83 bits per heavy atom. The van der Waals surface area contributed by atoms with Gasteiger partial charge in [-0.15, -0.1) is 11.3 Å². The number of rotatable bonds is 5. The zero-order valence-electron chi connectivity index (χ0n) is 16.3. The van der Waals surface area contributed by atoms with Crippen LogP contribution < -0.4 is 5.32 Å². The van der Waals surface area contributed by atoms with Gasteiger partial charge in [0.1, 0.15) is 16.3 Å². The quantitative estimate of drug-likeness (QED) is 0.427. The van der Waals surface area contributed by atoms with Crippen molar-refractivity contribution in [1.82, 2.24) is 20.1 Å². The van der Waals surface area contributed by atoms with Gasteiger partial charge in [0.15, 0.2) is 0 Å². The van der Waals surface area contributed by atoms with E-state index in [4.69, 9.17) is 0 Å². The predicted molar refractivity (Wildman–Crippen MR) is 118 cm³/mol. The van der Waals surface area contributed by atoms with Crippen LogP contribution in [0.5, 0.6) is 0 Å². The van der Waals surface area contributed by atoms with E-state index in [2.05, 4.69) is 21.5 Å². The summed E-state index contributed by atoms with van der Waals surface area (Å²) in [5.74, 6) is -0.455. The summed E-state index contributed by atoms with van der Waals surface area (Å²) in [4.78, 5) is 17.4. The smallest absolute Gasteiger partial charge is 0.261 e. The van der Waals surface area contributed by atoms with Gasteiger partial charge in [-0.2, -0.15) is 5.10 Å². The molecular formula is C23H19FN4OS. The van der Waals surface area contributed by atoms with E-state index in [0.717, 1.165) is 22.2 Å². The number of carbonyl (C=O) groups is 1. The Balaban J connectivity index is 1.35. The summed E-state index contributed by atoms with van der Waals surface area (Å²) in [7, 11) is 1.81. The largest absolute Gasteiger partial charge is 0.361 e. The molecule has 5 nitrogen and oxygen atoms in total. The van der Waals surface area contributed by atoms with Crippen LogP contribution in [0.15, 0.2) is 60.8 Å². The minimum atomic E-state index is -0.326. The van der Waals surface area contributed by atoms with Gasteiger partial charge in [-0.05, 0) is 36.2 Å². The molecule has 7 heteroatoms. The number of nitrogens with zero attached hydrogens (tertiary/aromatic N) is 2. The molecule has 0 saturated heterocycles. The van der Waals surface area contributed by atoms with Gasteiger partial charge in [0.25, 0.3) is 5.91 Å². The number of halogens is 1. The van der Waals surface area contributed by atoms with E-state index in [1.54, 1.807) is 28.9 Å². The predicted octanol–water partition coefficient (Wildman–Crippen LogP) is 4.89. The molecule has 2 N–H and O–H groups in total. The molecule has 0 radical (unpaired) electrons. The lowest BCUT2D eigenvalue weighted by Gasteiger charge is -2.03. The molecule has 0 saturated carbocycles. The molecule has 1 amide bonds. The average Bonchev–Trinajstić information content (AvgIpc) is 3.44. The van der Waals surface area contributed by atoms with Crippen molar-refractivity contribution in [2.45, 2.75) is 6.42 Å². The standard InChI is InChI=1S/C23H19FN4OS/c1-28-23-17(21(27-28)16-7-2-4-8-18(16)24)12-20(30-23)22(29)25-11-10-14-13-26-19-9-5-3-6-15(14)19/h2-9,12-13,26H,10-11H2,1H3,(H,25,29). The summed E-state index contributed by atoms with van der Waals surface area (Å²) in [6.07, 6.45) is 2.73. The highest BCUT2D eigenvalue weighted by Crippen LogP contribution is 2.34. The van der Waals surface area contributed by atoms with Crippen LogP contribution in [0, 0.1) is 5.82 Å². The molecule has 0 unspecified atom stereocenters. The van der Waals surface area contributed by atoms with E-state index in [9.17, 15) is 9.18 Å². The summed E-state index contributed by atoms with van der Waals surface area (Å²) >= 11 is 1.36. The molecule has 0 bridgehead atoms. The van der Waals surface area contributed by atoms with Gasteiger partial charge in [0.05, 0.1) is 4.88 Å². The first-order valence-corrected chi connectivity index (χ1v) is 10.5. The second kappa shape index (κ2) is 7.42. The van der Waals surface area contributed by atoms with Crippen LogP contribution in [0.4, 0.5) is 4.39 Å². The first-order valence-electron chi connectivity index (χ1n) is 9.66. The minimum absolute atomic E-state index is 0.129. The fourth-order valence-corrected chi connectivity index (χ4v) is 4.73. The molecule has 5 rings (SSSR count). The zero-order valence-corrected chi connectivity index (χ0v) is 17.1. The molecule has 0 aliphatic rings. The van der Waals surface area contributed by atoms with Crippen molar-refractivity contribution in [2.75, 3.05) is 6.54 Å². The lowest BCUT2D eigenvalue weighted by Crippen LogP contribution is -2.24. The van der Waals surface area contributed by atoms with E-state index >= 15 is 0 Å². The second-order valence-corrected chi connectivity index (χ2v) is 8.18. The summed E-state index contributed by atoms with van der Waals surface area (Å²) in [6.45, 7) is 0.535. The Morgan fingerprint density at radius 2 is 1.97 bits per heavy atom. The highest BCUT2D eigenvalue weighted by atomic mass is 32.1. The van der Waals surface area contributed by atoms with Crippen molar-refractivity contribution in [3.8, 4) is 11.3 Å². The number of carbonyl (C=O) groups excluding carboxylic acids is 1. The molecular weight excluding hydrogens is 399 g/mol. The summed E-state index contributed by atoms with van der Waals surface area (Å²) < 4.78 is 16.0. The van der Waals surface area contributed by atoms with Crippen molar-refractivity contribution in [2.24, 2.45) is 7.05 Å². The van der Waals surface area contributed by atoms with Crippen molar-refractivity contribution in [3.63, 3.8) is 0 Å². The SMILES string of the molecule is Cn1nc(-c2ccccc2F)c2cc(C(=O)NCCc3c[nH]c4ccccc34)sc21. The number of benzene rings is 2. The monoisotopic (exact) mass is 418 g/mol. The second-order valence-electron chi connectivity index (χ2n) is 7.15. The van der Waals surface area contributed by atoms with Crippen molar-refractivity contribution < 1.29 is 9.18 Å². The third-order valence-electron chi connectivity index (χ3n) is 5.22. The highest BCUT2D eigenvalue weighted by Gasteiger charge is 2.19. The summed E-state index contributed by atoms with van der Waals surface area (Å²) in [5, 5.41) is 9.42. The molecule has 150 valence electrons. The lowest BCUT2D eigenvalue weighted by atomic mass is 10.1. The number of thiophene rings is 1. The van der Waals surface area contributed by atoms with Crippen molar-refractivity contribution in [1.29, 1.82) is 0 Å². The molecule has 0 aliphatic heterocycles. The number of nitrogens with one attached hydrogen (secondary N) is 2. The third kappa shape index (κ3) is 3.17. The molecule has 2 aromatic carbocycles. The molecule has 3 aromatic heterocycles. The molecule has 3 heterocycles. The van der Waals surface area contributed by atoms with Crippen LogP contribution in [-0.2, 0) is 13.5 Å². The molecule has 0 atom stereocenters. The van der Waals surface area contributed by atoms with E-state index in [-0.39, 0.29) is 11.7 Å². The Labute approximate surface area is 176 Å². The number of amides is 1. The number of para-hydroxylation sites is 1. The number of hydrogen-bond donors (Lipinski definition) is 2. The Kier molecular flexibility index (Phi) is 4.59. The van der Waals surface area contributed by atoms with Crippen LogP contribution in [0.3, 0.4) is 0 Å². The number of aryl methyl sites for hydroxylation is 1. The Hall–Kier alpha value is -3.45. The normalized spacial score (nSPS) is 11.4. The first kappa shape index (κ1) is 18.6. The highest BCUT2D eigenvalue weighted by molar-refractivity contribution is 7.20. The number of hydrogen-bond acceptors (Lipinski definition) is 3. The van der Waals surface area contributed by atoms with Crippen LogP contribution in [0.25, 0.3) is 32.4 Å². The number of fused-ring (bicyclic) bond motifs is 2. The van der Waals surface area contributed by atoms with E-state index in [1.807, 2.05) is 31.4 Å². The maximum Gasteiger partial charge on any atom is 0.261 e. The molecule has 0 fully saturated rings. The van der Waals surface area contributed by atoms with Crippen molar-refractivity contribution in [3.05, 3.63) is 77.1 Å². The summed E-state index contributed by atoms with van der Waals surface area (Å²) in [6, 6.07) is 16.5. The minimum Gasteiger partial charge on any atom is -0.361 e.